The zero-order chi connectivity index (χ0) is 38.0. The number of aromatic hydroxyl groups is 1. The van der Waals surface area contributed by atoms with Gasteiger partial charge in [0.25, 0.3) is 0 Å². The molecule has 9 nitrogen and oxygen atoms in total. The van der Waals surface area contributed by atoms with Crippen LogP contribution in [0.25, 0.3) is 0 Å². The highest BCUT2D eigenvalue weighted by molar-refractivity contribution is 7.14. The second-order valence-electron chi connectivity index (χ2n) is 13.5. The Bertz CT molecular complexity index is 2070. The molecule has 2 heterocycles. The van der Waals surface area contributed by atoms with Crippen molar-refractivity contribution in [3.8, 4) is 11.5 Å². The maximum Gasteiger partial charge on any atom is 0.308 e. The van der Waals surface area contributed by atoms with E-state index in [1.54, 1.807) is 36.7 Å². The monoisotopic (exact) mass is 778 g/mol. The van der Waals surface area contributed by atoms with Crippen LogP contribution in [0.1, 0.15) is 83.6 Å². The fourth-order valence-electron chi connectivity index (χ4n) is 6.25. The number of benzene rings is 4. The average Bonchev–Trinajstić information content (AvgIpc) is 3.86. The molecule has 2 aromatic heterocycles. The summed E-state index contributed by atoms with van der Waals surface area (Å²) in [6.45, 7) is 9.08. The molecular formula is C44H50N4O5S2. The zero-order valence-corrected chi connectivity index (χ0v) is 31.8. The number of esters is 1. The summed E-state index contributed by atoms with van der Waals surface area (Å²) in [5.41, 5.74) is 2.54. The molecule has 4 aromatic carbocycles. The van der Waals surface area contributed by atoms with E-state index in [0.29, 0.717) is 16.0 Å². The van der Waals surface area contributed by atoms with E-state index in [0.717, 1.165) is 22.3 Å². The molecule has 6 aromatic rings. The van der Waals surface area contributed by atoms with Crippen molar-refractivity contribution in [1.82, 2.24) is 9.97 Å². The Kier molecular flexibility index (Phi) is 15.6. The van der Waals surface area contributed by atoms with E-state index in [2.05, 4.69) is 20.6 Å². The quantitative estimate of drug-likeness (QED) is 0.0881. The summed E-state index contributed by atoms with van der Waals surface area (Å²) in [5.74, 6) is -0.233. The highest BCUT2D eigenvalue weighted by atomic mass is 32.1. The molecule has 288 valence electrons. The number of ether oxygens (including phenoxy) is 1. The Labute approximate surface area is 332 Å². The molecule has 0 aliphatic heterocycles. The molecule has 3 N–H and O–H groups in total. The Morgan fingerprint density at radius 1 is 0.600 bits per heavy atom. The van der Waals surface area contributed by atoms with Gasteiger partial charge in [-0.15, -0.1) is 22.7 Å². The summed E-state index contributed by atoms with van der Waals surface area (Å²) in [7, 11) is 0. The van der Waals surface area contributed by atoms with Crippen LogP contribution in [0.2, 0.25) is 0 Å². The number of phenolic OH excluding ortho intramolecular Hbond substituents is 1. The number of nitrogens with zero attached hydrogens (tertiary/aromatic N) is 2. The molecular weight excluding hydrogens is 729 g/mol. The Hall–Kier alpha value is -5.65. The predicted molar refractivity (Wildman–Crippen MR) is 225 cm³/mol. The third-order valence-electron chi connectivity index (χ3n) is 8.89. The van der Waals surface area contributed by atoms with E-state index in [9.17, 15) is 19.5 Å². The molecule has 0 aliphatic rings. The molecule has 0 aliphatic carbocycles. The molecule has 0 radical (unpaired) electrons. The Balaban J connectivity index is 0.000000287. The molecule has 0 saturated heterocycles. The lowest BCUT2D eigenvalue weighted by atomic mass is 9.70. The van der Waals surface area contributed by atoms with Gasteiger partial charge in [-0.3, -0.25) is 14.4 Å². The second-order valence-corrected chi connectivity index (χ2v) is 15.3. The van der Waals surface area contributed by atoms with Gasteiger partial charge in [-0.25, -0.2) is 9.97 Å². The van der Waals surface area contributed by atoms with E-state index >= 15 is 0 Å². The van der Waals surface area contributed by atoms with Crippen molar-refractivity contribution in [3.05, 3.63) is 155 Å². The van der Waals surface area contributed by atoms with Gasteiger partial charge < -0.3 is 20.5 Å². The van der Waals surface area contributed by atoms with Crippen molar-refractivity contribution < 1.29 is 24.2 Å². The molecule has 55 heavy (non-hydrogen) atoms. The van der Waals surface area contributed by atoms with Crippen LogP contribution in [0, 0.1) is 10.8 Å². The van der Waals surface area contributed by atoms with Crippen molar-refractivity contribution in [2.45, 2.75) is 61.3 Å². The molecule has 2 amide bonds. The van der Waals surface area contributed by atoms with Gasteiger partial charge in [0.15, 0.2) is 10.3 Å². The summed E-state index contributed by atoms with van der Waals surface area (Å²) >= 11 is 2.78. The Morgan fingerprint density at radius 2 is 0.964 bits per heavy atom. The van der Waals surface area contributed by atoms with Gasteiger partial charge in [0.2, 0.25) is 11.8 Å². The minimum atomic E-state index is -0.754. The number of carbonyl (C=O) groups is 3. The number of anilines is 2. The number of carbonyl (C=O) groups excluding carboxylic acids is 3. The summed E-state index contributed by atoms with van der Waals surface area (Å²) in [5, 5.41) is 20.3. The number of aromatic nitrogens is 2. The van der Waals surface area contributed by atoms with Crippen molar-refractivity contribution in [3.63, 3.8) is 0 Å². The lowest BCUT2D eigenvalue weighted by molar-refractivity contribution is -0.132. The second kappa shape index (κ2) is 19.6. The van der Waals surface area contributed by atoms with Crippen LogP contribution >= 0.6 is 22.7 Å². The first-order chi connectivity index (χ1) is 25.4. The highest BCUT2D eigenvalue weighted by Crippen LogP contribution is 2.43. The normalized spacial score (nSPS) is 11.9. The summed E-state index contributed by atoms with van der Waals surface area (Å²) < 4.78 is 5.13. The van der Waals surface area contributed by atoms with Crippen LogP contribution in [0.5, 0.6) is 11.5 Å². The number of nitrogens with one attached hydrogen (secondary N) is 2. The van der Waals surface area contributed by atoms with Crippen LogP contribution in [-0.2, 0) is 14.4 Å². The third kappa shape index (κ3) is 11.2. The third-order valence-corrected chi connectivity index (χ3v) is 10.3. The summed E-state index contributed by atoms with van der Waals surface area (Å²) in [6.07, 6.45) is 3.33. The SMILES string of the molecule is C.C.CC(=O)Oc1ccc([C@@H](c2ccccc2)C(C)(C)C(=O)Nc2nccs2)cc1.CC(C)(C(=O)Nc1nccs1)[C@H](c1ccccc1)c1ccc(O)cc1. The molecule has 2 atom stereocenters. The summed E-state index contributed by atoms with van der Waals surface area (Å²) in [6, 6.07) is 34.2. The van der Waals surface area contributed by atoms with Crippen molar-refractivity contribution in [2.24, 2.45) is 10.8 Å². The van der Waals surface area contributed by atoms with Gasteiger partial charge in [0, 0.05) is 41.9 Å². The molecule has 0 bridgehead atoms. The predicted octanol–water partition coefficient (Wildman–Crippen LogP) is 10.8. The van der Waals surface area contributed by atoms with Crippen LogP contribution in [0.4, 0.5) is 10.3 Å². The standard InChI is InChI=1S/C22H22N2O3S.C20H20N2O2S.2CH4/c1-15(25)27-18-11-9-17(10-12-18)19(16-7-5-4-6-8-16)22(2,3)20(26)24-21-23-13-14-28-21;1-20(2,18(24)22-19-21-12-13-25-19)17(14-6-4-3-5-7-14)15-8-10-16(23)11-9-15;;/h4-14,19H,1-3H3,(H,23,24,26);3-13,17,23H,1-2H3,(H,21,22,24);2*1H4/t19-;17-;;/m11../s1. The van der Waals surface area contributed by atoms with Gasteiger partial charge >= 0.3 is 5.97 Å². The van der Waals surface area contributed by atoms with Crippen molar-refractivity contribution in [2.75, 3.05) is 10.6 Å². The topological polar surface area (TPSA) is 131 Å². The van der Waals surface area contributed by atoms with Crippen LogP contribution < -0.4 is 15.4 Å². The van der Waals surface area contributed by atoms with Crippen LogP contribution in [-0.4, -0.2) is 32.9 Å². The van der Waals surface area contributed by atoms with Crippen LogP contribution in [0.15, 0.2) is 132 Å². The lowest BCUT2D eigenvalue weighted by Gasteiger charge is -2.33. The maximum atomic E-state index is 13.1. The fourth-order valence-corrected chi connectivity index (χ4v) is 7.30. The van der Waals surface area contributed by atoms with Gasteiger partial charge in [-0.2, -0.15) is 0 Å². The number of phenols is 1. The van der Waals surface area contributed by atoms with E-state index in [1.807, 2.05) is 123 Å². The first kappa shape index (κ1) is 43.8. The van der Waals surface area contributed by atoms with E-state index in [-0.39, 0.29) is 50.2 Å². The fraction of sp³-hybridized carbons (Fsp3) is 0.250. The minimum absolute atomic E-state index is 0. The number of thiazole rings is 2. The average molecular weight is 779 g/mol. The molecule has 0 spiro atoms. The van der Waals surface area contributed by atoms with Crippen molar-refractivity contribution >= 4 is 50.7 Å². The molecule has 11 heteroatoms. The Morgan fingerprint density at radius 3 is 1.31 bits per heavy atom. The molecule has 0 saturated carbocycles. The number of rotatable bonds is 11. The number of hydrogen-bond donors (Lipinski definition) is 3. The van der Waals surface area contributed by atoms with E-state index in [1.165, 1.54) is 29.6 Å². The smallest absolute Gasteiger partial charge is 0.308 e. The van der Waals surface area contributed by atoms with Crippen LogP contribution in [0.3, 0.4) is 0 Å². The number of hydrogen-bond acceptors (Lipinski definition) is 9. The molecule has 6 rings (SSSR count). The maximum absolute atomic E-state index is 13.1. The molecule has 0 unspecified atom stereocenters. The summed E-state index contributed by atoms with van der Waals surface area (Å²) in [4.78, 5) is 45.6. The first-order valence-corrected chi connectivity index (χ1v) is 18.7. The van der Waals surface area contributed by atoms with E-state index < -0.39 is 10.8 Å². The van der Waals surface area contributed by atoms with E-state index in [4.69, 9.17) is 4.74 Å². The largest absolute Gasteiger partial charge is 0.508 e. The zero-order valence-electron chi connectivity index (χ0n) is 30.1. The van der Waals surface area contributed by atoms with Gasteiger partial charge in [-0.1, -0.05) is 127 Å². The van der Waals surface area contributed by atoms with Gasteiger partial charge in [0.1, 0.15) is 11.5 Å². The number of amides is 2. The van der Waals surface area contributed by atoms with Crippen molar-refractivity contribution in [1.29, 1.82) is 0 Å². The first-order valence-electron chi connectivity index (χ1n) is 17.0. The van der Waals surface area contributed by atoms with Gasteiger partial charge in [-0.05, 0) is 46.5 Å². The van der Waals surface area contributed by atoms with Gasteiger partial charge in [0.05, 0.1) is 10.8 Å². The lowest BCUT2D eigenvalue weighted by Crippen LogP contribution is -2.37. The molecule has 0 fully saturated rings. The highest BCUT2D eigenvalue weighted by Gasteiger charge is 2.40. The minimum Gasteiger partial charge on any atom is -0.508 e.